The molecule has 2 aromatic carbocycles. The van der Waals surface area contributed by atoms with Gasteiger partial charge >= 0.3 is 6.18 Å². The standard InChI is InChI=1S/C24H20F4N4O2/c1-13-4-8-17(9-5-13)32-23-22(15(3)31-32)18(24(26,27)28)11-21(30-23)34-12-20(33)29-16-7-6-14(2)19(25)10-16/h4-11H,12H2,1-3H3,(H,29,33). The number of nitrogens with zero attached hydrogens (tertiary/aromatic N) is 3. The summed E-state index contributed by atoms with van der Waals surface area (Å²) in [6.07, 6.45) is -4.70. The third-order valence-corrected chi connectivity index (χ3v) is 5.18. The Morgan fingerprint density at radius 3 is 2.41 bits per heavy atom. The molecule has 10 heteroatoms. The summed E-state index contributed by atoms with van der Waals surface area (Å²) >= 11 is 0. The molecule has 0 atom stereocenters. The minimum atomic E-state index is -4.70. The second kappa shape index (κ2) is 8.77. The summed E-state index contributed by atoms with van der Waals surface area (Å²) in [7, 11) is 0. The van der Waals surface area contributed by atoms with E-state index < -0.39 is 36.0 Å². The number of amides is 1. The van der Waals surface area contributed by atoms with Crippen molar-refractivity contribution in [3.8, 4) is 11.6 Å². The highest BCUT2D eigenvalue weighted by atomic mass is 19.4. The normalized spacial score (nSPS) is 11.6. The lowest BCUT2D eigenvalue weighted by atomic mass is 10.1. The Bertz CT molecular complexity index is 1380. The quantitative estimate of drug-likeness (QED) is 0.389. The van der Waals surface area contributed by atoms with Gasteiger partial charge in [-0.05, 0) is 50.6 Å². The zero-order valence-corrected chi connectivity index (χ0v) is 18.5. The Morgan fingerprint density at radius 2 is 1.76 bits per heavy atom. The van der Waals surface area contributed by atoms with E-state index in [-0.39, 0.29) is 22.4 Å². The molecule has 0 aliphatic rings. The van der Waals surface area contributed by atoms with Gasteiger partial charge in [-0.2, -0.15) is 23.3 Å². The first kappa shape index (κ1) is 23.2. The first-order chi connectivity index (χ1) is 16.0. The van der Waals surface area contributed by atoms with Gasteiger partial charge in [0.1, 0.15) is 5.82 Å². The molecule has 34 heavy (non-hydrogen) atoms. The van der Waals surface area contributed by atoms with Crippen molar-refractivity contribution in [3.63, 3.8) is 0 Å². The third-order valence-electron chi connectivity index (χ3n) is 5.18. The van der Waals surface area contributed by atoms with Crippen molar-refractivity contribution in [3.05, 3.63) is 76.7 Å². The fourth-order valence-corrected chi connectivity index (χ4v) is 3.44. The van der Waals surface area contributed by atoms with Crippen LogP contribution in [0.5, 0.6) is 5.88 Å². The van der Waals surface area contributed by atoms with Crippen molar-refractivity contribution in [2.75, 3.05) is 11.9 Å². The molecule has 6 nitrogen and oxygen atoms in total. The second-order valence-corrected chi connectivity index (χ2v) is 7.84. The number of carbonyl (C=O) groups is 1. The first-order valence-electron chi connectivity index (χ1n) is 10.3. The number of hydrogen-bond acceptors (Lipinski definition) is 4. The zero-order valence-electron chi connectivity index (χ0n) is 18.5. The van der Waals surface area contributed by atoms with E-state index in [1.807, 2.05) is 6.92 Å². The lowest BCUT2D eigenvalue weighted by molar-refractivity contribution is -0.136. The molecule has 0 spiro atoms. The van der Waals surface area contributed by atoms with Gasteiger partial charge in [-0.15, -0.1) is 0 Å². The fourth-order valence-electron chi connectivity index (χ4n) is 3.44. The van der Waals surface area contributed by atoms with Crippen molar-refractivity contribution < 1.29 is 27.1 Å². The number of anilines is 1. The van der Waals surface area contributed by atoms with E-state index in [4.69, 9.17) is 4.74 Å². The van der Waals surface area contributed by atoms with E-state index in [0.29, 0.717) is 11.3 Å². The maximum absolute atomic E-state index is 13.9. The van der Waals surface area contributed by atoms with Gasteiger partial charge in [-0.25, -0.2) is 9.07 Å². The zero-order chi connectivity index (χ0) is 24.6. The fraction of sp³-hybridized carbons (Fsp3) is 0.208. The van der Waals surface area contributed by atoms with Crippen LogP contribution in [0, 0.1) is 26.6 Å². The summed E-state index contributed by atoms with van der Waals surface area (Å²) < 4.78 is 61.9. The van der Waals surface area contributed by atoms with E-state index in [2.05, 4.69) is 15.4 Å². The van der Waals surface area contributed by atoms with Gasteiger partial charge in [0.2, 0.25) is 5.88 Å². The maximum Gasteiger partial charge on any atom is 0.417 e. The molecule has 4 rings (SSSR count). The van der Waals surface area contributed by atoms with Crippen LogP contribution in [0.1, 0.15) is 22.4 Å². The molecule has 0 saturated heterocycles. The van der Waals surface area contributed by atoms with E-state index >= 15 is 0 Å². The van der Waals surface area contributed by atoms with E-state index in [1.165, 1.54) is 23.7 Å². The number of carbonyl (C=O) groups excluding carboxylic acids is 1. The molecule has 176 valence electrons. The SMILES string of the molecule is Cc1ccc(-n2nc(C)c3c(C(F)(F)F)cc(OCC(=O)Nc4ccc(C)c(F)c4)nc32)cc1. The number of aryl methyl sites for hydroxylation is 3. The van der Waals surface area contributed by atoms with Crippen LogP contribution in [0.3, 0.4) is 0 Å². The third kappa shape index (κ3) is 4.70. The molecule has 2 aromatic heterocycles. The number of ether oxygens (including phenoxy) is 1. The van der Waals surface area contributed by atoms with Crippen LogP contribution in [0.15, 0.2) is 48.5 Å². The minimum Gasteiger partial charge on any atom is -0.467 e. The van der Waals surface area contributed by atoms with Gasteiger partial charge < -0.3 is 10.1 Å². The molecule has 1 N–H and O–H groups in total. The van der Waals surface area contributed by atoms with Gasteiger partial charge in [-0.3, -0.25) is 4.79 Å². The highest BCUT2D eigenvalue weighted by Crippen LogP contribution is 2.38. The molecule has 0 saturated carbocycles. The van der Waals surface area contributed by atoms with Gasteiger partial charge in [0.25, 0.3) is 5.91 Å². The Morgan fingerprint density at radius 1 is 1.06 bits per heavy atom. The number of pyridine rings is 1. The van der Waals surface area contributed by atoms with Crippen molar-refractivity contribution in [1.29, 1.82) is 0 Å². The summed E-state index contributed by atoms with van der Waals surface area (Å²) in [6, 6.07) is 11.9. The van der Waals surface area contributed by atoms with Crippen LogP contribution < -0.4 is 10.1 Å². The summed E-state index contributed by atoms with van der Waals surface area (Å²) in [4.78, 5) is 16.4. The molecular weight excluding hydrogens is 452 g/mol. The summed E-state index contributed by atoms with van der Waals surface area (Å²) in [6.45, 7) is 4.31. The number of alkyl halides is 3. The number of benzene rings is 2. The van der Waals surface area contributed by atoms with Crippen LogP contribution >= 0.6 is 0 Å². The Hall–Kier alpha value is -3.95. The molecule has 0 unspecified atom stereocenters. The van der Waals surface area contributed by atoms with Crippen molar-refractivity contribution in [1.82, 2.24) is 14.8 Å². The van der Waals surface area contributed by atoms with Crippen LogP contribution in [0.4, 0.5) is 23.2 Å². The predicted molar refractivity (Wildman–Crippen MR) is 119 cm³/mol. The van der Waals surface area contributed by atoms with Gasteiger partial charge in [0.05, 0.1) is 22.3 Å². The monoisotopic (exact) mass is 472 g/mol. The van der Waals surface area contributed by atoms with Crippen molar-refractivity contribution in [2.45, 2.75) is 26.9 Å². The Kier molecular flexibility index (Phi) is 5.99. The predicted octanol–water partition coefficient (Wildman–Crippen LogP) is 5.52. The number of aromatic nitrogens is 3. The molecule has 0 fully saturated rings. The topological polar surface area (TPSA) is 69.0 Å². The highest BCUT2D eigenvalue weighted by Gasteiger charge is 2.36. The minimum absolute atomic E-state index is 0.0489. The summed E-state index contributed by atoms with van der Waals surface area (Å²) in [5.41, 5.74) is 1.25. The number of rotatable bonds is 5. The van der Waals surface area contributed by atoms with E-state index in [9.17, 15) is 22.4 Å². The van der Waals surface area contributed by atoms with Crippen molar-refractivity contribution in [2.24, 2.45) is 0 Å². The maximum atomic E-state index is 13.9. The van der Waals surface area contributed by atoms with Gasteiger partial charge in [0.15, 0.2) is 12.3 Å². The average Bonchev–Trinajstić information content (AvgIpc) is 3.10. The average molecular weight is 472 g/mol. The number of halogens is 4. The molecule has 0 bridgehead atoms. The Labute approximate surface area is 192 Å². The lowest BCUT2D eigenvalue weighted by Gasteiger charge is -2.12. The van der Waals surface area contributed by atoms with Crippen molar-refractivity contribution >= 4 is 22.6 Å². The first-order valence-corrected chi connectivity index (χ1v) is 10.3. The van der Waals surface area contributed by atoms with Crippen LogP contribution in [-0.2, 0) is 11.0 Å². The van der Waals surface area contributed by atoms with Crippen LogP contribution in [-0.4, -0.2) is 27.3 Å². The molecular formula is C24H20F4N4O2. The molecule has 4 aromatic rings. The number of fused-ring (bicyclic) bond motifs is 1. The van der Waals surface area contributed by atoms with Gasteiger partial charge in [-0.1, -0.05) is 23.8 Å². The molecule has 0 aliphatic carbocycles. The summed E-state index contributed by atoms with van der Waals surface area (Å²) in [5.74, 6) is -1.57. The van der Waals surface area contributed by atoms with Crippen LogP contribution in [0.2, 0.25) is 0 Å². The number of hydrogen-bond donors (Lipinski definition) is 1. The molecule has 0 aliphatic heterocycles. The van der Waals surface area contributed by atoms with Crippen LogP contribution in [0.25, 0.3) is 16.7 Å². The van der Waals surface area contributed by atoms with E-state index in [1.54, 1.807) is 31.2 Å². The number of nitrogens with one attached hydrogen (secondary N) is 1. The molecule has 2 heterocycles. The summed E-state index contributed by atoms with van der Waals surface area (Å²) in [5, 5.41) is 6.54. The molecule has 0 radical (unpaired) electrons. The Balaban J connectivity index is 1.67. The largest absolute Gasteiger partial charge is 0.467 e. The van der Waals surface area contributed by atoms with Gasteiger partial charge in [0, 0.05) is 11.8 Å². The van der Waals surface area contributed by atoms with E-state index in [0.717, 1.165) is 17.7 Å². The lowest BCUT2D eigenvalue weighted by Crippen LogP contribution is -2.21. The second-order valence-electron chi connectivity index (χ2n) is 7.84. The smallest absolute Gasteiger partial charge is 0.417 e. The molecule has 1 amide bonds. The highest BCUT2D eigenvalue weighted by molar-refractivity contribution is 5.92.